The number of benzene rings is 1. The summed E-state index contributed by atoms with van der Waals surface area (Å²) in [6.07, 6.45) is 3.45. The number of thioether (sulfide) groups is 1. The highest BCUT2D eigenvalue weighted by Crippen LogP contribution is 2.30. The van der Waals surface area contributed by atoms with E-state index in [2.05, 4.69) is 10.4 Å². The first-order valence-electron chi connectivity index (χ1n) is 5.86. The molecule has 0 saturated heterocycles. The zero-order valence-corrected chi connectivity index (χ0v) is 11.6. The molecule has 6 heteroatoms. The van der Waals surface area contributed by atoms with Gasteiger partial charge in [-0.1, -0.05) is 13.0 Å². The second-order valence-corrected chi connectivity index (χ2v) is 5.25. The van der Waals surface area contributed by atoms with Crippen molar-refractivity contribution in [2.75, 3.05) is 11.1 Å². The third-order valence-corrected chi connectivity index (χ3v) is 3.46. The highest BCUT2D eigenvalue weighted by Gasteiger charge is 2.15. The smallest absolute Gasteiger partial charge is 0.338 e. The number of hydrogen-bond acceptors (Lipinski definition) is 4. The maximum atomic E-state index is 11.4. The van der Waals surface area contributed by atoms with E-state index >= 15 is 0 Å². The Balaban J connectivity index is 2.38. The standard InChI is InChI=1S/C13H15N3O2S/c1-3-19-11-6-4-5-10(12(11)13(17)18)15-9-7-14-16(2)8-9/h4-8,15H,3H2,1-2H3,(H,17,18). The van der Waals surface area contributed by atoms with E-state index in [9.17, 15) is 9.90 Å². The van der Waals surface area contributed by atoms with Crippen molar-refractivity contribution in [2.24, 2.45) is 7.05 Å². The second-order valence-electron chi connectivity index (χ2n) is 3.94. The summed E-state index contributed by atoms with van der Waals surface area (Å²) < 4.78 is 1.66. The molecule has 0 spiro atoms. The average molecular weight is 277 g/mol. The van der Waals surface area contributed by atoms with Gasteiger partial charge in [0.05, 0.1) is 23.1 Å². The molecule has 0 saturated carbocycles. The lowest BCUT2D eigenvalue weighted by Gasteiger charge is -2.11. The van der Waals surface area contributed by atoms with Crippen molar-refractivity contribution in [1.29, 1.82) is 0 Å². The second kappa shape index (κ2) is 5.79. The number of carbonyl (C=O) groups is 1. The molecule has 100 valence electrons. The Morgan fingerprint density at radius 3 is 2.89 bits per heavy atom. The Bertz CT molecular complexity index is 595. The van der Waals surface area contributed by atoms with Gasteiger partial charge in [-0.3, -0.25) is 4.68 Å². The SMILES string of the molecule is CCSc1cccc(Nc2cnn(C)c2)c1C(=O)O. The molecule has 5 nitrogen and oxygen atoms in total. The molecule has 2 rings (SSSR count). The molecule has 0 bridgehead atoms. The zero-order valence-electron chi connectivity index (χ0n) is 10.8. The summed E-state index contributed by atoms with van der Waals surface area (Å²) in [7, 11) is 1.81. The molecule has 1 aromatic carbocycles. The quantitative estimate of drug-likeness (QED) is 0.822. The van der Waals surface area contributed by atoms with Gasteiger partial charge in [-0.2, -0.15) is 5.10 Å². The zero-order chi connectivity index (χ0) is 13.8. The molecule has 0 radical (unpaired) electrons. The third-order valence-electron chi connectivity index (χ3n) is 2.52. The van der Waals surface area contributed by atoms with E-state index in [0.717, 1.165) is 16.3 Å². The van der Waals surface area contributed by atoms with Gasteiger partial charge in [0.25, 0.3) is 0 Å². The predicted molar refractivity (Wildman–Crippen MR) is 76.3 cm³/mol. The molecular weight excluding hydrogens is 262 g/mol. The summed E-state index contributed by atoms with van der Waals surface area (Å²) >= 11 is 1.52. The number of anilines is 2. The molecule has 19 heavy (non-hydrogen) atoms. The molecule has 2 N–H and O–H groups in total. The number of rotatable bonds is 5. The maximum absolute atomic E-state index is 11.4. The van der Waals surface area contributed by atoms with Gasteiger partial charge in [0, 0.05) is 18.1 Å². The van der Waals surface area contributed by atoms with E-state index in [0.29, 0.717) is 11.3 Å². The number of nitrogens with zero attached hydrogens (tertiary/aromatic N) is 2. The molecule has 0 aliphatic rings. The van der Waals surface area contributed by atoms with E-state index in [4.69, 9.17) is 0 Å². The largest absolute Gasteiger partial charge is 0.478 e. The molecule has 1 aromatic heterocycles. The molecule has 1 heterocycles. The molecule has 0 aliphatic carbocycles. The number of hydrogen-bond donors (Lipinski definition) is 2. The van der Waals surface area contributed by atoms with E-state index < -0.39 is 5.97 Å². The number of nitrogens with one attached hydrogen (secondary N) is 1. The average Bonchev–Trinajstić information content (AvgIpc) is 2.75. The number of carboxylic acid groups (broad SMARTS) is 1. The van der Waals surface area contributed by atoms with Crippen molar-refractivity contribution in [3.8, 4) is 0 Å². The van der Waals surface area contributed by atoms with Crippen LogP contribution in [0.1, 0.15) is 17.3 Å². The Morgan fingerprint density at radius 1 is 1.53 bits per heavy atom. The fourth-order valence-corrected chi connectivity index (χ4v) is 2.60. The van der Waals surface area contributed by atoms with Gasteiger partial charge in [-0.25, -0.2) is 4.79 Å². The highest BCUT2D eigenvalue weighted by atomic mass is 32.2. The van der Waals surface area contributed by atoms with Crippen molar-refractivity contribution >= 4 is 29.1 Å². The van der Waals surface area contributed by atoms with E-state index in [1.807, 2.05) is 26.1 Å². The first-order chi connectivity index (χ1) is 9.11. The number of aromatic carboxylic acids is 1. The van der Waals surface area contributed by atoms with Crippen LogP contribution < -0.4 is 5.32 Å². The Kier molecular flexibility index (Phi) is 4.11. The van der Waals surface area contributed by atoms with Gasteiger partial charge in [0.15, 0.2) is 0 Å². The fraction of sp³-hybridized carbons (Fsp3) is 0.231. The molecule has 0 amide bonds. The Labute approximate surface area is 115 Å². The maximum Gasteiger partial charge on any atom is 0.338 e. The summed E-state index contributed by atoms with van der Waals surface area (Å²) in [6.45, 7) is 2.00. The van der Waals surface area contributed by atoms with Gasteiger partial charge < -0.3 is 10.4 Å². The van der Waals surface area contributed by atoms with Crippen LogP contribution in [-0.2, 0) is 7.05 Å². The summed E-state index contributed by atoms with van der Waals surface area (Å²) in [5.74, 6) is -0.0978. The molecular formula is C13H15N3O2S. The summed E-state index contributed by atoms with van der Waals surface area (Å²) in [5, 5.41) is 16.5. The van der Waals surface area contributed by atoms with Crippen LogP contribution in [0.25, 0.3) is 0 Å². The predicted octanol–water partition coefficient (Wildman–Crippen LogP) is 2.97. The van der Waals surface area contributed by atoms with Gasteiger partial charge in [0.2, 0.25) is 0 Å². The summed E-state index contributed by atoms with van der Waals surface area (Å²) in [5.41, 5.74) is 1.65. The van der Waals surface area contributed by atoms with Crippen molar-refractivity contribution in [2.45, 2.75) is 11.8 Å². The van der Waals surface area contributed by atoms with Crippen LogP contribution in [0.5, 0.6) is 0 Å². The lowest BCUT2D eigenvalue weighted by Crippen LogP contribution is -2.04. The molecule has 2 aromatic rings. The summed E-state index contributed by atoms with van der Waals surface area (Å²) in [6, 6.07) is 5.44. The van der Waals surface area contributed by atoms with E-state index in [-0.39, 0.29) is 0 Å². The minimum atomic E-state index is -0.928. The van der Waals surface area contributed by atoms with Gasteiger partial charge >= 0.3 is 5.97 Å². The Hall–Kier alpha value is -1.95. The highest BCUT2D eigenvalue weighted by molar-refractivity contribution is 7.99. The van der Waals surface area contributed by atoms with E-state index in [1.54, 1.807) is 23.1 Å². The Morgan fingerprint density at radius 2 is 2.32 bits per heavy atom. The molecule has 0 atom stereocenters. The first-order valence-corrected chi connectivity index (χ1v) is 6.85. The fourth-order valence-electron chi connectivity index (χ4n) is 1.77. The molecule has 0 aliphatic heterocycles. The van der Waals surface area contributed by atoms with Crippen molar-refractivity contribution in [1.82, 2.24) is 9.78 Å². The van der Waals surface area contributed by atoms with Crippen molar-refractivity contribution in [3.63, 3.8) is 0 Å². The minimum Gasteiger partial charge on any atom is -0.478 e. The van der Waals surface area contributed by atoms with Crippen LogP contribution in [0, 0.1) is 0 Å². The van der Waals surface area contributed by atoms with Crippen molar-refractivity contribution < 1.29 is 9.90 Å². The molecule has 0 unspecified atom stereocenters. The third kappa shape index (κ3) is 3.08. The lowest BCUT2D eigenvalue weighted by molar-refractivity contribution is 0.0694. The van der Waals surface area contributed by atoms with Crippen LogP contribution in [0.3, 0.4) is 0 Å². The number of carboxylic acids is 1. The van der Waals surface area contributed by atoms with Crippen LogP contribution in [0.4, 0.5) is 11.4 Å². The topological polar surface area (TPSA) is 67.2 Å². The van der Waals surface area contributed by atoms with Crippen molar-refractivity contribution in [3.05, 3.63) is 36.2 Å². The monoisotopic (exact) mass is 277 g/mol. The summed E-state index contributed by atoms with van der Waals surface area (Å²) in [4.78, 5) is 12.2. The lowest BCUT2D eigenvalue weighted by atomic mass is 10.1. The number of aromatic nitrogens is 2. The first kappa shape index (κ1) is 13.5. The normalized spacial score (nSPS) is 10.4. The van der Waals surface area contributed by atoms with Gasteiger partial charge in [0.1, 0.15) is 0 Å². The van der Waals surface area contributed by atoms with Crippen LogP contribution >= 0.6 is 11.8 Å². The van der Waals surface area contributed by atoms with Gasteiger partial charge in [-0.15, -0.1) is 11.8 Å². The van der Waals surface area contributed by atoms with Crippen LogP contribution in [-0.4, -0.2) is 26.6 Å². The van der Waals surface area contributed by atoms with E-state index in [1.165, 1.54) is 11.8 Å². The van der Waals surface area contributed by atoms with Gasteiger partial charge in [-0.05, 0) is 17.9 Å². The number of aryl methyl sites for hydroxylation is 1. The van der Waals surface area contributed by atoms with Crippen LogP contribution in [0.2, 0.25) is 0 Å². The van der Waals surface area contributed by atoms with Crippen LogP contribution in [0.15, 0.2) is 35.5 Å². The minimum absolute atomic E-state index is 0.304. The molecule has 0 fully saturated rings.